The average Bonchev–Trinajstić information content (AvgIpc) is 2.35. The minimum Gasteiger partial charge on any atom is -0.390 e. The highest BCUT2D eigenvalue weighted by Gasteiger charge is 2.53. The van der Waals surface area contributed by atoms with Crippen LogP contribution in [-0.2, 0) is 0 Å². The van der Waals surface area contributed by atoms with Gasteiger partial charge in [0.2, 0.25) is 0 Å². The molecule has 0 radical (unpaired) electrons. The molecule has 0 amide bonds. The van der Waals surface area contributed by atoms with Gasteiger partial charge in [-0.2, -0.15) is 0 Å². The van der Waals surface area contributed by atoms with E-state index in [1.807, 2.05) is 20.8 Å². The highest BCUT2D eigenvalue weighted by molar-refractivity contribution is 5.32. The Labute approximate surface area is 114 Å². The first-order chi connectivity index (χ1) is 8.70. The fourth-order valence-corrected chi connectivity index (χ4v) is 3.60. The lowest BCUT2D eigenvalue weighted by atomic mass is 9.55. The molecular weight excluding hydrogens is 244 g/mol. The number of aliphatic hydroxyl groups excluding tert-OH is 4. The summed E-state index contributed by atoms with van der Waals surface area (Å²) in [4.78, 5) is 0. The van der Waals surface area contributed by atoms with Gasteiger partial charge in [0.05, 0.1) is 18.3 Å². The summed E-state index contributed by atoms with van der Waals surface area (Å²) in [5.74, 6) is -0.381. The van der Waals surface area contributed by atoms with E-state index in [0.29, 0.717) is 12.0 Å². The molecule has 0 heterocycles. The maximum atomic E-state index is 10.3. The molecule has 0 aliphatic heterocycles. The fraction of sp³-hybridized carbons (Fsp3) is 0.733. The van der Waals surface area contributed by atoms with Crippen molar-refractivity contribution in [3.63, 3.8) is 0 Å². The second-order valence-electron chi connectivity index (χ2n) is 6.40. The molecule has 4 heteroatoms. The first-order valence-corrected chi connectivity index (χ1v) is 6.80. The molecule has 0 saturated heterocycles. The lowest BCUT2D eigenvalue weighted by molar-refractivity contribution is -0.0915. The molecule has 2 rings (SSSR count). The minimum absolute atomic E-state index is 0.188. The van der Waals surface area contributed by atoms with Gasteiger partial charge in [-0.1, -0.05) is 32.1 Å². The maximum Gasteiger partial charge on any atom is 0.102 e. The summed E-state index contributed by atoms with van der Waals surface area (Å²) >= 11 is 0. The molecule has 2 aliphatic rings. The Kier molecular flexibility index (Phi) is 3.64. The normalized spacial score (nSPS) is 50.4. The van der Waals surface area contributed by atoms with Gasteiger partial charge in [-0.3, -0.25) is 0 Å². The van der Waals surface area contributed by atoms with E-state index >= 15 is 0 Å². The van der Waals surface area contributed by atoms with Gasteiger partial charge in [-0.15, -0.1) is 0 Å². The monoisotopic (exact) mass is 268 g/mol. The lowest BCUT2D eigenvalue weighted by Gasteiger charge is -2.53. The number of rotatable bonds is 1. The number of hydrogen-bond donors (Lipinski definition) is 4. The second-order valence-corrected chi connectivity index (χ2v) is 6.40. The summed E-state index contributed by atoms with van der Waals surface area (Å²) < 4.78 is 0. The Morgan fingerprint density at radius 2 is 1.84 bits per heavy atom. The Hall–Kier alpha value is -0.680. The van der Waals surface area contributed by atoms with Crippen LogP contribution in [-0.4, -0.2) is 44.8 Å². The van der Waals surface area contributed by atoms with Crippen molar-refractivity contribution in [2.24, 2.45) is 17.3 Å². The molecule has 0 unspecified atom stereocenters. The Morgan fingerprint density at radius 1 is 1.26 bits per heavy atom. The van der Waals surface area contributed by atoms with Crippen LogP contribution in [0.4, 0.5) is 0 Å². The predicted molar refractivity (Wildman–Crippen MR) is 72.3 cm³/mol. The third-order valence-electron chi connectivity index (χ3n) is 5.21. The van der Waals surface area contributed by atoms with Gasteiger partial charge in [-0.25, -0.2) is 0 Å². The van der Waals surface area contributed by atoms with Crippen LogP contribution in [0.25, 0.3) is 0 Å². The molecule has 19 heavy (non-hydrogen) atoms. The molecule has 0 aromatic carbocycles. The smallest absolute Gasteiger partial charge is 0.102 e. The van der Waals surface area contributed by atoms with E-state index in [9.17, 15) is 20.4 Å². The van der Waals surface area contributed by atoms with Crippen molar-refractivity contribution in [3.05, 3.63) is 23.8 Å². The first-order valence-electron chi connectivity index (χ1n) is 6.80. The van der Waals surface area contributed by atoms with Gasteiger partial charge in [0, 0.05) is 5.92 Å². The molecule has 1 saturated carbocycles. The molecule has 4 nitrogen and oxygen atoms in total. The minimum atomic E-state index is -1.01. The van der Waals surface area contributed by atoms with Gasteiger partial charge in [0.25, 0.3) is 0 Å². The number of aliphatic hydroxyl groups is 4. The largest absolute Gasteiger partial charge is 0.390 e. The van der Waals surface area contributed by atoms with E-state index in [4.69, 9.17) is 0 Å². The van der Waals surface area contributed by atoms with Crippen LogP contribution < -0.4 is 0 Å². The quantitative estimate of drug-likeness (QED) is 0.525. The SMILES string of the molecule is C=C(C)[C@@H]1C[C@@]2(C)C(=C[C@@H](O)[C@H](O)[C@@H]2C)[C@@H](O)[C@H]1O. The molecule has 2 aliphatic carbocycles. The van der Waals surface area contributed by atoms with Crippen molar-refractivity contribution in [1.82, 2.24) is 0 Å². The van der Waals surface area contributed by atoms with E-state index in [0.717, 1.165) is 5.57 Å². The zero-order valence-electron chi connectivity index (χ0n) is 11.7. The summed E-state index contributed by atoms with van der Waals surface area (Å²) in [6.07, 6.45) is -1.61. The van der Waals surface area contributed by atoms with Gasteiger partial charge < -0.3 is 20.4 Å². The van der Waals surface area contributed by atoms with Crippen molar-refractivity contribution in [1.29, 1.82) is 0 Å². The Balaban J connectivity index is 2.47. The van der Waals surface area contributed by atoms with E-state index < -0.39 is 29.8 Å². The van der Waals surface area contributed by atoms with E-state index in [-0.39, 0.29) is 11.8 Å². The molecule has 1 fully saturated rings. The Bertz CT molecular complexity index is 416. The van der Waals surface area contributed by atoms with Crippen LogP contribution >= 0.6 is 0 Å². The summed E-state index contributed by atoms with van der Waals surface area (Å²) in [5, 5.41) is 40.4. The summed E-state index contributed by atoms with van der Waals surface area (Å²) in [7, 11) is 0. The highest BCUT2D eigenvalue weighted by Crippen LogP contribution is 2.53. The Morgan fingerprint density at radius 3 is 2.37 bits per heavy atom. The standard InChI is InChI=1S/C15H24O4/c1-7(2)9-6-15(4)8(3)12(17)11(16)5-10(15)14(19)13(9)18/h5,8-9,11-14,16-19H,1,6H2,2-4H3/t8-,9-,11+,12+,13-,14+,15+/m0/s1. The van der Waals surface area contributed by atoms with Crippen LogP contribution in [0.5, 0.6) is 0 Å². The second kappa shape index (κ2) is 4.70. The number of hydrogen-bond acceptors (Lipinski definition) is 4. The van der Waals surface area contributed by atoms with E-state index in [1.54, 1.807) is 0 Å². The summed E-state index contributed by atoms with van der Waals surface area (Å²) in [5.41, 5.74) is 1.04. The topological polar surface area (TPSA) is 80.9 Å². The fourth-order valence-electron chi connectivity index (χ4n) is 3.60. The maximum absolute atomic E-state index is 10.3. The molecule has 4 N–H and O–H groups in total. The van der Waals surface area contributed by atoms with Crippen LogP contribution in [0.2, 0.25) is 0 Å². The zero-order valence-corrected chi connectivity index (χ0v) is 11.7. The molecule has 0 spiro atoms. The van der Waals surface area contributed by atoms with Gasteiger partial charge >= 0.3 is 0 Å². The van der Waals surface area contributed by atoms with E-state index in [2.05, 4.69) is 6.58 Å². The van der Waals surface area contributed by atoms with Crippen molar-refractivity contribution in [2.75, 3.05) is 0 Å². The molecule has 0 aromatic rings. The van der Waals surface area contributed by atoms with Crippen molar-refractivity contribution in [2.45, 2.75) is 51.6 Å². The summed E-state index contributed by atoms with van der Waals surface area (Å²) in [6, 6.07) is 0. The highest BCUT2D eigenvalue weighted by atomic mass is 16.3. The zero-order chi connectivity index (χ0) is 14.5. The van der Waals surface area contributed by atoms with Crippen molar-refractivity contribution < 1.29 is 20.4 Å². The molecule has 0 aromatic heterocycles. The number of fused-ring (bicyclic) bond motifs is 1. The van der Waals surface area contributed by atoms with Crippen molar-refractivity contribution in [3.8, 4) is 0 Å². The van der Waals surface area contributed by atoms with Crippen LogP contribution in [0.3, 0.4) is 0 Å². The van der Waals surface area contributed by atoms with E-state index in [1.165, 1.54) is 6.08 Å². The van der Waals surface area contributed by atoms with Crippen molar-refractivity contribution >= 4 is 0 Å². The van der Waals surface area contributed by atoms with Crippen LogP contribution in [0, 0.1) is 17.3 Å². The predicted octanol–water partition coefficient (Wildman–Crippen LogP) is 0.608. The summed E-state index contributed by atoms with van der Waals surface area (Å²) in [6.45, 7) is 9.59. The van der Waals surface area contributed by atoms with Crippen LogP contribution in [0.15, 0.2) is 23.8 Å². The molecular formula is C15H24O4. The third kappa shape index (κ3) is 2.07. The molecule has 0 bridgehead atoms. The van der Waals surface area contributed by atoms with Gasteiger partial charge in [0.15, 0.2) is 0 Å². The van der Waals surface area contributed by atoms with Gasteiger partial charge in [-0.05, 0) is 30.3 Å². The third-order valence-corrected chi connectivity index (χ3v) is 5.21. The van der Waals surface area contributed by atoms with Crippen LogP contribution in [0.1, 0.15) is 27.2 Å². The first kappa shape index (κ1) is 14.7. The molecule has 7 atom stereocenters. The van der Waals surface area contributed by atoms with Gasteiger partial charge in [0.1, 0.15) is 6.10 Å². The lowest BCUT2D eigenvalue weighted by Crippen LogP contribution is -2.56. The molecule has 108 valence electrons. The average molecular weight is 268 g/mol.